The van der Waals surface area contributed by atoms with E-state index in [0.29, 0.717) is 12.0 Å². The molecule has 0 bridgehead atoms. The molecule has 9 nitrogen and oxygen atoms in total. The van der Waals surface area contributed by atoms with Crippen molar-refractivity contribution < 1.29 is 29.0 Å². The van der Waals surface area contributed by atoms with Crippen molar-refractivity contribution in [1.29, 1.82) is 0 Å². The van der Waals surface area contributed by atoms with E-state index in [1.54, 1.807) is 58.0 Å². The molecule has 4 N–H and O–H groups in total. The summed E-state index contributed by atoms with van der Waals surface area (Å²) in [7, 11) is 0. The lowest BCUT2D eigenvalue weighted by atomic mass is 9.75. The molecule has 0 heterocycles. The van der Waals surface area contributed by atoms with E-state index in [4.69, 9.17) is 4.74 Å². The largest absolute Gasteiger partial charge is 0.444 e. The van der Waals surface area contributed by atoms with E-state index in [-0.39, 0.29) is 30.9 Å². The Bertz CT molecular complexity index is 1410. The summed E-state index contributed by atoms with van der Waals surface area (Å²) < 4.78 is 5.30. The molecule has 0 aliphatic carbocycles. The molecule has 9 heteroatoms. The quantitative estimate of drug-likeness (QED) is 0.167. The third-order valence-corrected chi connectivity index (χ3v) is 7.78. The average molecular weight is 630 g/mol. The zero-order valence-electron chi connectivity index (χ0n) is 27.3. The number of rotatable bonds is 15. The number of nitrogens with one attached hydrogen (secondary N) is 3. The zero-order valence-corrected chi connectivity index (χ0v) is 27.3. The van der Waals surface area contributed by atoms with Crippen LogP contribution >= 0.6 is 0 Å². The van der Waals surface area contributed by atoms with Gasteiger partial charge >= 0.3 is 6.09 Å². The summed E-state index contributed by atoms with van der Waals surface area (Å²) in [4.78, 5) is 53.3. The van der Waals surface area contributed by atoms with Crippen LogP contribution in [-0.4, -0.2) is 52.7 Å². The molecule has 0 saturated carbocycles. The van der Waals surface area contributed by atoms with Crippen LogP contribution in [0.25, 0.3) is 0 Å². The van der Waals surface area contributed by atoms with E-state index in [1.165, 1.54) is 5.56 Å². The first-order valence-corrected chi connectivity index (χ1v) is 15.8. The Kier molecular flexibility index (Phi) is 13.5. The van der Waals surface area contributed by atoms with Crippen LogP contribution in [0.4, 0.5) is 4.79 Å². The van der Waals surface area contributed by atoms with E-state index in [0.717, 1.165) is 19.3 Å². The minimum absolute atomic E-state index is 0.00778. The Morgan fingerprint density at radius 2 is 1.35 bits per heavy atom. The zero-order chi connectivity index (χ0) is 33.6. The molecule has 246 valence electrons. The summed E-state index contributed by atoms with van der Waals surface area (Å²) in [5.41, 5.74) is -0.274. The van der Waals surface area contributed by atoms with Crippen LogP contribution < -0.4 is 16.0 Å². The summed E-state index contributed by atoms with van der Waals surface area (Å²) in [5.74, 6) is -2.72. The maximum Gasteiger partial charge on any atom is 0.407 e. The number of carbonyl (C=O) groups excluding carboxylic acids is 4. The molecule has 0 aliphatic rings. The topological polar surface area (TPSA) is 134 Å². The molecule has 46 heavy (non-hydrogen) atoms. The van der Waals surface area contributed by atoms with Gasteiger partial charge in [0.05, 0.1) is 6.10 Å². The number of ether oxygens (including phenoxy) is 1. The van der Waals surface area contributed by atoms with E-state index in [2.05, 4.69) is 28.1 Å². The van der Waals surface area contributed by atoms with Crippen LogP contribution in [0.5, 0.6) is 0 Å². The number of imide groups is 1. The van der Waals surface area contributed by atoms with Gasteiger partial charge in [-0.05, 0) is 63.3 Å². The van der Waals surface area contributed by atoms with Crippen molar-refractivity contribution in [3.8, 4) is 0 Å². The number of carbonyl (C=O) groups is 4. The molecule has 3 rings (SSSR count). The highest BCUT2D eigenvalue weighted by molar-refractivity contribution is 6.08. The second-order valence-corrected chi connectivity index (χ2v) is 12.6. The summed E-state index contributed by atoms with van der Waals surface area (Å²) in [6, 6.07) is 27.5. The molecule has 0 aliphatic heterocycles. The van der Waals surface area contributed by atoms with Gasteiger partial charge in [-0.2, -0.15) is 0 Å². The predicted molar refractivity (Wildman–Crippen MR) is 178 cm³/mol. The molecular weight excluding hydrogens is 582 g/mol. The summed E-state index contributed by atoms with van der Waals surface area (Å²) in [5, 5.41) is 19.3. The minimum Gasteiger partial charge on any atom is -0.444 e. The lowest BCUT2D eigenvalue weighted by Crippen LogP contribution is -2.67. The first-order valence-electron chi connectivity index (χ1n) is 15.8. The Hall–Kier alpha value is -4.50. The number of alkyl carbamates (subject to hydrolysis) is 1. The first-order chi connectivity index (χ1) is 21.9. The molecule has 0 saturated heterocycles. The van der Waals surface area contributed by atoms with Gasteiger partial charge in [0.25, 0.3) is 11.8 Å². The molecule has 3 aromatic rings. The predicted octanol–water partition coefficient (Wildman–Crippen LogP) is 5.37. The highest BCUT2D eigenvalue weighted by Crippen LogP contribution is 2.28. The van der Waals surface area contributed by atoms with Crippen molar-refractivity contribution in [2.24, 2.45) is 5.92 Å². The van der Waals surface area contributed by atoms with Gasteiger partial charge in [0, 0.05) is 30.9 Å². The van der Waals surface area contributed by atoms with Crippen molar-refractivity contribution in [3.63, 3.8) is 0 Å². The highest BCUT2D eigenvalue weighted by Gasteiger charge is 2.48. The fraction of sp³-hybridized carbons (Fsp3) is 0.405. The first kappa shape index (κ1) is 36.0. The molecule has 3 aromatic carbocycles. The smallest absolute Gasteiger partial charge is 0.407 e. The van der Waals surface area contributed by atoms with Crippen LogP contribution in [0.2, 0.25) is 0 Å². The molecule has 0 radical (unpaired) electrons. The SMILES string of the molecule is C[C@@H](C(O)CNC(=O)OC(C)(C)C)[C@@](Cc1ccccc1)(NC(=O)CCCCCc1ccccc1)C(=O)NC(=O)c1ccccc1. The van der Waals surface area contributed by atoms with E-state index >= 15 is 0 Å². The number of hydrogen-bond donors (Lipinski definition) is 4. The molecule has 3 atom stereocenters. The number of amides is 4. The summed E-state index contributed by atoms with van der Waals surface area (Å²) in [6.07, 6.45) is 1.35. The minimum atomic E-state index is -1.75. The molecule has 0 aromatic heterocycles. The summed E-state index contributed by atoms with van der Waals surface area (Å²) >= 11 is 0. The fourth-order valence-corrected chi connectivity index (χ4v) is 5.21. The normalized spacial score (nSPS) is 13.8. The van der Waals surface area contributed by atoms with Gasteiger partial charge in [-0.3, -0.25) is 19.7 Å². The van der Waals surface area contributed by atoms with Crippen molar-refractivity contribution in [1.82, 2.24) is 16.0 Å². The van der Waals surface area contributed by atoms with Crippen LogP contribution in [0, 0.1) is 5.92 Å². The number of unbranched alkanes of at least 4 members (excludes halogenated alkanes) is 2. The maximum atomic E-state index is 14.2. The van der Waals surface area contributed by atoms with Crippen molar-refractivity contribution in [2.45, 2.75) is 83.5 Å². The van der Waals surface area contributed by atoms with Gasteiger partial charge in [0.2, 0.25) is 5.91 Å². The number of hydrogen-bond acceptors (Lipinski definition) is 6. The van der Waals surface area contributed by atoms with Crippen LogP contribution in [0.3, 0.4) is 0 Å². The van der Waals surface area contributed by atoms with Crippen molar-refractivity contribution in [3.05, 3.63) is 108 Å². The van der Waals surface area contributed by atoms with Gasteiger partial charge in [-0.25, -0.2) is 4.79 Å². The molecule has 4 amide bonds. The Morgan fingerprint density at radius 1 is 0.783 bits per heavy atom. The highest BCUT2D eigenvalue weighted by atomic mass is 16.6. The Morgan fingerprint density at radius 3 is 1.93 bits per heavy atom. The van der Waals surface area contributed by atoms with Crippen molar-refractivity contribution in [2.75, 3.05) is 6.54 Å². The standard InChI is InChI=1S/C37H47N3O6/c1-27(31(41)26-38-35(45)46-36(2,3)4)37(25-29-20-12-6-13-21-29,34(44)39-33(43)30-22-14-8-15-23-30)40-32(42)24-16-7-11-19-28-17-9-5-10-18-28/h5-6,8-10,12-15,17-18,20-23,27,31,41H,7,11,16,19,24-26H2,1-4H3,(H,38,45)(H,40,42)(H,39,43,44)/t27-,31?,37+/m0/s1. The number of aliphatic hydroxyl groups excluding tert-OH is 1. The van der Waals surface area contributed by atoms with Gasteiger partial charge < -0.3 is 20.5 Å². The van der Waals surface area contributed by atoms with Crippen LogP contribution in [0.1, 0.15) is 74.9 Å². The number of aliphatic hydroxyl groups is 1. The molecule has 0 spiro atoms. The third-order valence-electron chi connectivity index (χ3n) is 7.78. The fourth-order valence-electron chi connectivity index (χ4n) is 5.21. The maximum absolute atomic E-state index is 14.2. The summed E-state index contributed by atoms with van der Waals surface area (Å²) in [6.45, 7) is 6.55. The number of aryl methyl sites for hydroxylation is 1. The lowest BCUT2D eigenvalue weighted by Gasteiger charge is -2.40. The van der Waals surface area contributed by atoms with Gasteiger partial charge in [-0.1, -0.05) is 92.2 Å². The van der Waals surface area contributed by atoms with Gasteiger partial charge in [-0.15, -0.1) is 0 Å². The molecule has 0 fully saturated rings. The van der Waals surface area contributed by atoms with Gasteiger partial charge in [0.1, 0.15) is 11.1 Å². The molecule has 1 unspecified atom stereocenters. The second-order valence-electron chi connectivity index (χ2n) is 12.6. The Balaban J connectivity index is 1.85. The van der Waals surface area contributed by atoms with E-state index in [9.17, 15) is 24.3 Å². The van der Waals surface area contributed by atoms with Crippen LogP contribution in [0.15, 0.2) is 91.0 Å². The Labute approximate surface area is 272 Å². The lowest BCUT2D eigenvalue weighted by molar-refractivity contribution is -0.137. The second kappa shape index (κ2) is 17.3. The van der Waals surface area contributed by atoms with E-state index in [1.807, 2.05) is 48.5 Å². The number of benzene rings is 3. The van der Waals surface area contributed by atoms with Crippen LogP contribution in [-0.2, 0) is 27.2 Å². The van der Waals surface area contributed by atoms with Gasteiger partial charge in [0.15, 0.2) is 0 Å². The molecular formula is C37H47N3O6. The third kappa shape index (κ3) is 11.5. The van der Waals surface area contributed by atoms with E-state index < -0.39 is 41.1 Å². The average Bonchev–Trinajstić information content (AvgIpc) is 3.03. The van der Waals surface area contributed by atoms with Crippen molar-refractivity contribution >= 4 is 23.8 Å². The monoisotopic (exact) mass is 629 g/mol.